The van der Waals surface area contributed by atoms with E-state index in [9.17, 15) is 5.11 Å². The van der Waals surface area contributed by atoms with E-state index in [1.54, 1.807) is 7.11 Å². The van der Waals surface area contributed by atoms with Crippen LogP contribution in [0.25, 0.3) is 0 Å². The van der Waals surface area contributed by atoms with Crippen LogP contribution in [0.3, 0.4) is 0 Å². The summed E-state index contributed by atoms with van der Waals surface area (Å²) in [4.78, 5) is 11.6. The Balaban J connectivity index is 1.33. The number of aliphatic hydroxyl groups is 1. The molecule has 2 saturated heterocycles. The first-order valence-corrected chi connectivity index (χ1v) is 12.4. The van der Waals surface area contributed by atoms with Gasteiger partial charge in [0.05, 0.1) is 7.11 Å². The number of aliphatic hydroxyl groups excluding tert-OH is 1. The maximum absolute atomic E-state index is 10.4. The van der Waals surface area contributed by atoms with E-state index in [0.29, 0.717) is 24.5 Å². The summed E-state index contributed by atoms with van der Waals surface area (Å²) in [5, 5.41) is 13.8. The molecule has 180 valence electrons. The molecule has 2 N–H and O–H groups in total. The standard InChI is InChI=1S/C26H38N4O3/c1-32-24-7-5-21(16-25(24)33-19-23(31)18-30-14-2-3-15-30)17-26-28-13-10-22(29-26)6-4-20-8-11-27-12-9-20/h5,7,10,13,16,20,23,27,31H,2-4,6,8-9,11-12,14-15,17-19H2,1H3. The summed E-state index contributed by atoms with van der Waals surface area (Å²) in [6.07, 6.45) is 9.14. The number of methoxy groups -OCH3 is 1. The Bertz CT molecular complexity index is 866. The van der Waals surface area contributed by atoms with Gasteiger partial charge in [0.2, 0.25) is 0 Å². The lowest BCUT2D eigenvalue weighted by atomic mass is 9.92. The normalized spacial score (nSPS) is 18.4. The number of nitrogens with zero attached hydrogens (tertiary/aromatic N) is 3. The smallest absolute Gasteiger partial charge is 0.161 e. The molecule has 1 unspecified atom stereocenters. The first kappa shape index (κ1) is 23.9. The van der Waals surface area contributed by atoms with Crippen molar-refractivity contribution >= 4 is 0 Å². The van der Waals surface area contributed by atoms with Gasteiger partial charge in [-0.15, -0.1) is 0 Å². The van der Waals surface area contributed by atoms with Gasteiger partial charge in [-0.3, -0.25) is 0 Å². The van der Waals surface area contributed by atoms with Crippen molar-refractivity contribution in [2.24, 2.45) is 5.92 Å². The lowest BCUT2D eigenvalue weighted by molar-refractivity contribution is 0.0747. The van der Waals surface area contributed by atoms with Gasteiger partial charge in [0.1, 0.15) is 18.5 Å². The molecule has 1 atom stereocenters. The zero-order chi connectivity index (χ0) is 22.9. The van der Waals surface area contributed by atoms with Crippen molar-refractivity contribution in [3.63, 3.8) is 0 Å². The average molecular weight is 455 g/mol. The van der Waals surface area contributed by atoms with Gasteiger partial charge in [0, 0.05) is 24.9 Å². The Labute approximate surface area is 197 Å². The summed E-state index contributed by atoms with van der Waals surface area (Å²) in [7, 11) is 1.64. The molecule has 4 rings (SSSR count). The second kappa shape index (κ2) is 12.3. The number of benzene rings is 1. The highest BCUT2D eigenvalue weighted by molar-refractivity contribution is 5.43. The number of aryl methyl sites for hydroxylation is 1. The van der Waals surface area contributed by atoms with Crippen molar-refractivity contribution < 1.29 is 14.6 Å². The second-order valence-corrected chi connectivity index (χ2v) is 9.33. The van der Waals surface area contributed by atoms with Crippen LogP contribution in [0.1, 0.15) is 49.2 Å². The number of β-amino-alcohol motifs (C(OH)–C–C–N with tert-alkyl or cyclic N) is 1. The lowest BCUT2D eigenvalue weighted by Crippen LogP contribution is -2.33. The third-order valence-corrected chi connectivity index (χ3v) is 6.72. The highest BCUT2D eigenvalue weighted by Crippen LogP contribution is 2.29. The summed E-state index contributed by atoms with van der Waals surface area (Å²) in [5.41, 5.74) is 2.18. The van der Waals surface area contributed by atoms with Crippen molar-refractivity contribution in [3.8, 4) is 11.5 Å². The van der Waals surface area contributed by atoms with Gasteiger partial charge < -0.3 is 24.8 Å². The largest absolute Gasteiger partial charge is 0.493 e. The van der Waals surface area contributed by atoms with Gasteiger partial charge in [0.25, 0.3) is 0 Å². The first-order valence-electron chi connectivity index (χ1n) is 12.4. The number of hydrogen-bond donors (Lipinski definition) is 2. The van der Waals surface area contributed by atoms with Gasteiger partial charge in [-0.2, -0.15) is 0 Å². The molecular weight excluding hydrogens is 416 g/mol. The molecule has 0 bridgehead atoms. The molecule has 2 fully saturated rings. The monoisotopic (exact) mass is 454 g/mol. The van der Waals surface area contributed by atoms with E-state index in [-0.39, 0.29) is 6.61 Å². The Morgan fingerprint density at radius 1 is 1.15 bits per heavy atom. The number of ether oxygens (including phenoxy) is 2. The zero-order valence-corrected chi connectivity index (χ0v) is 19.8. The first-order chi connectivity index (χ1) is 16.2. The quantitative estimate of drug-likeness (QED) is 0.540. The van der Waals surface area contributed by atoms with Gasteiger partial charge in [0.15, 0.2) is 11.5 Å². The van der Waals surface area contributed by atoms with E-state index in [2.05, 4.69) is 15.2 Å². The molecule has 2 aliphatic heterocycles. The minimum absolute atomic E-state index is 0.249. The van der Waals surface area contributed by atoms with Crippen LogP contribution >= 0.6 is 0 Å². The van der Waals surface area contributed by atoms with E-state index in [1.807, 2.05) is 30.5 Å². The predicted molar refractivity (Wildman–Crippen MR) is 129 cm³/mol. The molecule has 7 heteroatoms. The van der Waals surface area contributed by atoms with Crippen molar-refractivity contribution in [1.29, 1.82) is 0 Å². The maximum atomic E-state index is 10.4. The molecular formula is C26H38N4O3. The number of rotatable bonds is 11. The predicted octanol–water partition coefficient (Wildman–Crippen LogP) is 2.84. The Morgan fingerprint density at radius 2 is 1.97 bits per heavy atom. The van der Waals surface area contributed by atoms with Crippen molar-refractivity contribution in [1.82, 2.24) is 20.2 Å². The molecule has 0 amide bonds. The van der Waals surface area contributed by atoms with Crippen LogP contribution in [0.2, 0.25) is 0 Å². The third kappa shape index (κ3) is 7.39. The van der Waals surface area contributed by atoms with E-state index in [0.717, 1.165) is 55.6 Å². The minimum Gasteiger partial charge on any atom is -0.493 e. The number of piperidine rings is 1. The number of likely N-dealkylation sites (tertiary alicyclic amines) is 1. The fourth-order valence-corrected chi connectivity index (χ4v) is 4.82. The summed E-state index contributed by atoms with van der Waals surface area (Å²) in [6, 6.07) is 7.96. The van der Waals surface area contributed by atoms with E-state index in [1.165, 1.54) is 32.1 Å². The van der Waals surface area contributed by atoms with Crippen LogP contribution in [-0.4, -0.2) is 72.5 Å². The Hall–Kier alpha value is -2.22. The zero-order valence-electron chi connectivity index (χ0n) is 19.8. The van der Waals surface area contributed by atoms with Crippen LogP contribution in [0.15, 0.2) is 30.5 Å². The Morgan fingerprint density at radius 3 is 2.76 bits per heavy atom. The van der Waals surface area contributed by atoms with Crippen molar-refractivity contribution in [2.45, 2.75) is 51.0 Å². The van der Waals surface area contributed by atoms with Crippen LogP contribution in [0.5, 0.6) is 11.5 Å². The van der Waals surface area contributed by atoms with Gasteiger partial charge >= 0.3 is 0 Å². The van der Waals surface area contributed by atoms with Crippen molar-refractivity contribution in [3.05, 3.63) is 47.5 Å². The van der Waals surface area contributed by atoms with E-state index < -0.39 is 6.10 Å². The summed E-state index contributed by atoms with van der Waals surface area (Å²) < 4.78 is 11.4. The highest BCUT2D eigenvalue weighted by atomic mass is 16.5. The molecule has 7 nitrogen and oxygen atoms in total. The van der Waals surface area contributed by atoms with E-state index in [4.69, 9.17) is 14.5 Å². The molecule has 0 saturated carbocycles. The molecule has 0 spiro atoms. The topological polar surface area (TPSA) is 79.7 Å². The third-order valence-electron chi connectivity index (χ3n) is 6.72. The second-order valence-electron chi connectivity index (χ2n) is 9.33. The van der Waals surface area contributed by atoms with Crippen LogP contribution < -0.4 is 14.8 Å². The molecule has 2 aromatic rings. The van der Waals surface area contributed by atoms with Crippen LogP contribution in [-0.2, 0) is 12.8 Å². The SMILES string of the molecule is COc1ccc(Cc2nccc(CCC3CCNCC3)n2)cc1OCC(O)CN1CCCC1. The molecule has 2 aliphatic rings. The Kier molecular flexibility index (Phi) is 8.92. The van der Waals surface area contributed by atoms with Crippen LogP contribution in [0, 0.1) is 5.92 Å². The fourth-order valence-electron chi connectivity index (χ4n) is 4.82. The lowest BCUT2D eigenvalue weighted by Gasteiger charge is -2.22. The number of nitrogens with one attached hydrogen (secondary N) is 1. The molecule has 0 aliphatic carbocycles. The maximum Gasteiger partial charge on any atom is 0.161 e. The highest BCUT2D eigenvalue weighted by Gasteiger charge is 2.17. The van der Waals surface area contributed by atoms with Gasteiger partial charge in [-0.25, -0.2) is 9.97 Å². The van der Waals surface area contributed by atoms with Gasteiger partial charge in [-0.05, 0) is 94.4 Å². The fraction of sp³-hybridized carbons (Fsp3) is 0.615. The average Bonchev–Trinajstić information content (AvgIpc) is 3.35. The van der Waals surface area contributed by atoms with E-state index >= 15 is 0 Å². The van der Waals surface area contributed by atoms with Gasteiger partial charge in [-0.1, -0.05) is 6.07 Å². The number of hydrogen-bond acceptors (Lipinski definition) is 7. The molecule has 3 heterocycles. The van der Waals surface area contributed by atoms with Crippen molar-refractivity contribution in [2.75, 3.05) is 46.4 Å². The van der Waals surface area contributed by atoms with Crippen LogP contribution in [0.4, 0.5) is 0 Å². The summed E-state index contributed by atoms with van der Waals surface area (Å²) in [5.74, 6) is 2.94. The minimum atomic E-state index is -0.517. The molecule has 1 aromatic carbocycles. The number of aromatic nitrogens is 2. The summed E-state index contributed by atoms with van der Waals surface area (Å²) >= 11 is 0. The molecule has 0 radical (unpaired) electrons. The summed E-state index contributed by atoms with van der Waals surface area (Å²) in [6.45, 7) is 5.30. The molecule has 1 aromatic heterocycles. The molecule has 33 heavy (non-hydrogen) atoms.